The average molecular weight is 449 g/mol. The van der Waals surface area contributed by atoms with Gasteiger partial charge in [0.05, 0.1) is 30.2 Å². The number of piperidine rings is 1. The summed E-state index contributed by atoms with van der Waals surface area (Å²) < 4.78 is 53.5. The highest BCUT2D eigenvalue weighted by Crippen LogP contribution is 2.36. The van der Waals surface area contributed by atoms with Crippen molar-refractivity contribution >= 4 is 22.5 Å². The molecule has 0 unspecified atom stereocenters. The van der Waals surface area contributed by atoms with Crippen molar-refractivity contribution in [1.29, 1.82) is 5.26 Å². The lowest BCUT2D eigenvalue weighted by atomic mass is 10.0. The van der Waals surface area contributed by atoms with Gasteiger partial charge in [-0.05, 0) is 25.0 Å². The fourth-order valence-corrected chi connectivity index (χ4v) is 4.45. The Kier molecular flexibility index (Phi) is 6.20. The summed E-state index contributed by atoms with van der Waals surface area (Å²) in [5, 5.41) is 12.9. The Morgan fingerprint density at radius 1 is 1.25 bits per heavy atom. The minimum absolute atomic E-state index is 0.0374. The number of fused-ring (bicyclic) bond motifs is 1. The molecule has 2 saturated heterocycles. The van der Waals surface area contributed by atoms with Crippen LogP contribution in [0, 0.1) is 11.3 Å². The Hall–Kier alpha value is -2.93. The van der Waals surface area contributed by atoms with Crippen LogP contribution < -0.4 is 5.32 Å². The van der Waals surface area contributed by atoms with Crippen LogP contribution in [0.15, 0.2) is 30.5 Å². The molecular weight excluding hydrogens is 426 g/mol. The molecular formula is C22H23F4N5O. The number of rotatable bonds is 4. The van der Waals surface area contributed by atoms with Crippen LogP contribution in [-0.4, -0.2) is 65.1 Å². The maximum atomic E-state index is 13.6. The molecule has 0 bridgehead atoms. The average Bonchev–Trinajstić information content (AvgIpc) is 3.15. The van der Waals surface area contributed by atoms with E-state index in [1.165, 1.54) is 17.2 Å². The van der Waals surface area contributed by atoms with E-state index >= 15 is 0 Å². The first-order chi connectivity index (χ1) is 15.3. The van der Waals surface area contributed by atoms with E-state index in [4.69, 9.17) is 5.26 Å². The molecule has 2 aliphatic heterocycles. The number of pyridine rings is 1. The predicted octanol–water partition coefficient (Wildman–Crippen LogP) is 3.59. The molecule has 6 nitrogen and oxygen atoms in total. The third-order valence-electron chi connectivity index (χ3n) is 6.10. The second kappa shape index (κ2) is 8.90. The van der Waals surface area contributed by atoms with Crippen molar-refractivity contribution in [2.45, 2.75) is 43.7 Å². The third-order valence-corrected chi connectivity index (χ3v) is 6.10. The Bertz CT molecular complexity index is 1030. The van der Waals surface area contributed by atoms with E-state index in [2.05, 4.69) is 10.3 Å². The lowest BCUT2D eigenvalue weighted by Crippen LogP contribution is -2.46. The van der Waals surface area contributed by atoms with Crippen molar-refractivity contribution in [2.75, 3.05) is 31.5 Å². The van der Waals surface area contributed by atoms with Crippen molar-refractivity contribution in [1.82, 2.24) is 14.8 Å². The molecule has 1 amide bonds. The van der Waals surface area contributed by atoms with E-state index in [9.17, 15) is 22.4 Å². The Balaban J connectivity index is 1.37. The number of carbonyl (C=O) groups is 1. The van der Waals surface area contributed by atoms with Crippen LogP contribution in [0.25, 0.3) is 10.9 Å². The number of hydrogen-bond acceptors (Lipinski definition) is 5. The summed E-state index contributed by atoms with van der Waals surface area (Å²) in [7, 11) is 0. The highest BCUT2D eigenvalue weighted by atomic mass is 19.4. The number of alkyl halides is 4. The first kappa shape index (κ1) is 22.3. The minimum Gasteiger partial charge on any atom is -0.382 e. The van der Waals surface area contributed by atoms with E-state index in [1.807, 2.05) is 11.0 Å². The molecule has 170 valence electrons. The number of carbonyl (C=O) groups excluding carboxylic acids is 1. The maximum Gasteiger partial charge on any atom is 0.418 e. The zero-order valence-corrected chi connectivity index (χ0v) is 17.3. The van der Waals surface area contributed by atoms with Gasteiger partial charge in [-0.2, -0.15) is 18.4 Å². The number of amides is 1. The fraction of sp³-hybridized carbons (Fsp3) is 0.500. The summed E-state index contributed by atoms with van der Waals surface area (Å²) in [6.45, 7) is 1.32. The topological polar surface area (TPSA) is 72.3 Å². The number of anilines is 1. The minimum atomic E-state index is -4.48. The van der Waals surface area contributed by atoms with Crippen molar-refractivity contribution < 1.29 is 22.4 Å². The number of nitrogens with zero attached hydrogens (tertiary/aromatic N) is 4. The lowest BCUT2D eigenvalue weighted by molar-refractivity contribution is -0.136. The number of nitriles is 1. The highest BCUT2D eigenvalue weighted by molar-refractivity contribution is 5.93. The molecule has 0 radical (unpaired) electrons. The number of halogens is 4. The Morgan fingerprint density at radius 3 is 2.69 bits per heavy atom. The standard InChI is InChI=1S/C22H23F4N5O/c23-14-10-16(11-27)31(12-14)20(32)13-30-8-5-15(6-9-30)29-19-4-7-28-21-17(19)2-1-3-18(21)22(24,25)26/h1-4,7,14-16H,5-6,8-10,12-13H2,(H,28,29)/t14-,16-/m0/s1. The van der Waals surface area contributed by atoms with E-state index in [-0.39, 0.29) is 37.0 Å². The van der Waals surface area contributed by atoms with Gasteiger partial charge in [0.25, 0.3) is 0 Å². The second-order valence-electron chi connectivity index (χ2n) is 8.28. The van der Waals surface area contributed by atoms with Gasteiger partial charge in [-0.3, -0.25) is 14.7 Å². The summed E-state index contributed by atoms with van der Waals surface area (Å²) in [6, 6.07) is 7.00. The molecule has 4 rings (SSSR count). The fourth-order valence-electron chi connectivity index (χ4n) is 4.45. The van der Waals surface area contributed by atoms with Crippen molar-refractivity contribution in [3.05, 3.63) is 36.0 Å². The van der Waals surface area contributed by atoms with Crippen LogP contribution in [-0.2, 0) is 11.0 Å². The molecule has 2 aromatic rings. The van der Waals surface area contributed by atoms with Crippen LogP contribution in [0.3, 0.4) is 0 Å². The number of likely N-dealkylation sites (tertiary alicyclic amines) is 2. The van der Waals surface area contributed by atoms with Crippen LogP contribution in [0.5, 0.6) is 0 Å². The second-order valence-corrected chi connectivity index (χ2v) is 8.28. The van der Waals surface area contributed by atoms with Crippen molar-refractivity contribution in [2.24, 2.45) is 0 Å². The van der Waals surface area contributed by atoms with Gasteiger partial charge < -0.3 is 10.2 Å². The number of hydrogen-bond donors (Lipinski definition) is 1. The van der Waals surface area contributed by atoms with Crippen LogP contribution >= 0.6 is 0 Å². The van der Waals surface area contributed by atoms with Gasteiger partial charge in [-0.1, -0.05) is 12.1 Å². The van der Waals surface area contributed by atoms with Gasteiger partial charge >= 0.3 is 6.18 Å². The lowest BCUT2D eigenvalue weighted by Gasteiger charge is -2.33. The summed E-state index contributed by atoms with van der Waals surface area (Å²) >= 11 is 0. The molecule has 2 atom stereocenters. The Morgan fingerprint density at radius 2 is 2.00 bits per heavy atom. The van der Waals surface area contributed by atoms with E-state index in [0.717, 1.165) is 6.07 Å². The number of aromatic nitrogens is 1. The third kappa shape index (κ3) is 4.63. The zero-order chi connectivity index (χ0) is 22.9. The summed E-state index contributed by atoms with van der Waals surface area (Å²) in [6.07, 6.45) is -2.82. The first-order valence-corrected chi connectivity index (χ1v) is 10.5. The zero-order valence-electron chi connectivity index (χ0n) is 17.3. The van der Waals surface area contributed by atoms with Crippen molar-refractivity contribution in [3.63, 3.8) is 0 Å². The van der Waals surface area contributed by atoms with Gasteiger partial charge in [-0.25, -0.2) is 4.39 Å². The summed E-state index contributed by atoms with van der Waals surface area (Å²) in [5.74, 6) is -0.247. The van der Waals surface area contributed by atoms with Crippen LogP contribution in [0.2, 0.25) is 0 Å². The largest absolute Gasteiger partial charge is 0.418 e. The van der Waals surface area contributed by atoms with Crippen LogP contribution in [0.1, 0.15) is 24.8 Å². The molecule has 0 aliphatic carbocycles. The molecule has 32 heavy (non-hydrogen) atoms. The predicted molar refractivity (Wildman–Crippen MR) is 110 cm³/mol. The molecule has 0 saturated carbocycles. The van der Waals surface area contributed by atoms with Gasteiger partial charge in [-0.15, -0.1) is 0 Å². The normalized spacial score (nSPS) is 22.8. The molecule has 2 fully saturated rings. The van der Waals surface area contributed by atoms with E-state index < -0.39 is 24.0 Å². The Labute approximate surface area is 182 Å². The van der Waals surface area contributed by atoms with E-state index in [0.29, 0.717) is 37.0 Å². The molecule has 3 heterocycles. The summed E-state index contributed by atoms with van der Waals surface area (Å²) in [4.78, 5) is 19.7. The first-order valence-electron chi connectivity index (χ1n) is 10.5. The SMILES string of the molecule is N#C[C@@H]1C[C@H](F)CN1C(=O)CN1CCC(Nc2ccnc3c(C(F)(F)F)cccc23)CC1. The van der Waals surface area contributed by atoms with Gasteiger partial charge in [0.15, 0.2) is 0 Å². The summed E-state index contributed by atoms with van der Waals surface area (Å²) in [5.41, 5.74) is -0.254. The molecule has 1 aromatic heterocycles. The van der Waals surface area contributed by atoms with Gasteiger partial charge in [0, 0.05) is 42.8 Å². The van der Waals surface area contributed by atoms with Crippen LogP contribution in [0.4, 0.5) is 23.2 Å². The smallest absolute Gasteiger partial charge is 0.382 e. The molecule has 10 heteroatoms. The highest BCUT2D eigenvalue weighted by Gasteiger charge is 2.36. The quantitative estimate of drug-likeness (QED) is 0.723. The number of para-hydroxylation sites is 1. The molecule has 1 aromatic carbocycles. The number of nitrogens with one attached hydrogen (secondary N) is 1. The number of benzene rings is 1. The van der Waals surface area contributed by atoms with E-state index in [1.54, 1.807) is 12.1 Å². The molecule has 1 N–H and O–H groups in total. The van der Waals surface area contributed by atoms with Gasteiger partial charge in [0.2, 0.25) is 5.91 Å². The monoisotopic (exact) mass is 449 g/mol. The van der Waals surface area contributed by atoms with Gasteiger partial charge in [0.1, 0.15) is 12.2 Å². The van der Waals surface area contributed by atoms with Crippen molar-refractivity contribution in [3.8, 4) is 6.07 Å². The molecule has 0 spiro atoms. The maximum absolute atomic E-state index is 13.6. The molecule has 2 aliphatic rings.